The molecule has 0 spiro atoms. The summed E-state index contributed by atoms with van der Waals surface area (Å²) in [4.78, 5) is 14.7. The molecule has 24 heavy (non-hydrogen) atoms. The van der Waals surface area contributed by atoms with Crippen LogP contribution in [0.4, 0.5) is 5.69 Å². The molecule has 1 atom stereocenters. The molecule has 1 unspecified atom stereocenters. The summed E-state index contributed by atoms with van der Waals surface area (Å²) >= 11 is 0. The molecule has 5 heteroatoms. The molecular weight excluding hydrogens is 322 g/mol. The second-order valence-corrected chi connectivity index (χ2v) is 8.96. The van der Waals surface area contributed by atoms with E-state index < -0.39 is 15.9 Å². The number of nitrogens with zero attached hydrogens (tertiary/aromatic N) is 1. The summed E-state index contributed by atoms with van der Waals surface area (Å²) in [7, 11) is -3.20. The third-order valence-corrected chi connectivity index (χ3v) is 6.39. The Labute approximate surface area is 144 Å². The molecular formula is C19H25NO3S. The molecule has 1 aromatic carbocycles. The summed E-state index contributed by atoms with van der Waals surface area (Å²) in [6.07, 6.45) is 8.02. The number of carbonyl (C=O) groups excluding carboxylic acids is 1. The summed E-state index contributed by atoms with van der Waals surface area (Å²) < 4.78 is 23.6. The summed E-state index contributed by atoms with van der Waals surface area (Å²) in [5.74, 6) is 0.454. The lowest BCUT2D eigenvalue weighted by atomic mass is 9.86. The van der Waals surface area contributed by atoms with Gasteiger partial charge in [-0.05, 0) is 43.9 Å². The number of amides is 1. The minimum absolute atomic E-state index is 0.0166. The van der Waals surface area contributed by atoms with E-state index in [0.29, 0.717) is 12.3 Å². The highest BCUT2D eigenvalue weighted by Crippen LogP contribution is 2.30. The van der Waals surface area contributed by atoms with Crippen LogP contribution in [0, 0.1) is 12.8 Å². The van der Waals surface area contributed by atoms with Gasteiger partial charge < -0.3 is 4.90 Å². The molecule has 3 rings (SSSR count). The summed E-state index contributed by atoms with van der Waals surface area (Å²) in [5.41, 5.74) is 1.90. The first-order valence-electron chi connectivity index (χ1n) is 8.74. The lowest BCUT2D eigenvalue weighted by Crippen LogP contribution is -2.42. The standard InChI is InChI=1S/C19H25NO3S/c1-15-7-9-17(10-8-15)20(18-11-12-24(22,23)14-18)19(21)13-16-5-3-2-4-6-16/h7-12,16,18H,2-6,13-14H2,1H3. The average molecular weight is 347 g/mol. The Morgan fingerprint density at radius 1 is 1.12 bits per heavy atom. The van der Waals surface area contributed by atoms with Crippen molar-refractivity contribution in [3.05, 3.63) is 41.3 Å². The van der Waals surface area contributed by atoms with Gasteiger partial charge in [0.2, 0.25) is 5.91 Å². The van der Waals surface area contributed by atoms with E-state index in [1.807, 2.05) is 31.2 Å². The number of sulfone groups is 1. The van der Waals surface area contributed by atoms with Gasteiger partial charge in [0, 0.05) is 17.5 Å². The number of benzene rings is 1. The third kappa shape index (κ3) is 4.07. The molecule has 1 aliphatic heterocycles. The van der Waals surface area contributed by atoms with Crippen molar-refractivity contribution in [3.8, 4) is 0 Å². The van der Waals surface area contributed by atoms with Crippen LogP contribution in [-0.2, 0) is 14.6 Å². The second kappa shape index (κ2) is 7.09. The SMILES string of the molecule is Cc1ccc(N(C(=O)CC2CCCCC2)C2C=CS(=O)(=O)C2)cc1. The summed E-state index contributed by atoms with van der Waals surface area (Å²) in [5, 5.41) is 1.24. The van der Waals surface area contributed by atoms with Crippen LogP contribution in [0.25, 0.3) is 0 Å². The van der Waals surface area contributed by atoms with Crippen LogP contribution in [-0.4, -0.2) is 26.1 Å². The topological polar surface area (TPSA) is 54.5 Å². The zero-order valence-electron chi connectivity index (χ0n) is 14.1. The van der Waals surface area contributed by atoms with Gasteiger partial charge in [0.25, 0.3) is 0 Å². The minimum Gasteiger partial charge on any atom is -0.304 e. The van der Waals surface area contributed by atoms with Crippen LogP contribution in [0.3, 0.4) is 0 Å². The Bertz CT molecular complexity index is 715. The Morgan fingerprint density at radius 3 is 2.38 bits per heavy atom. The van der Waals surface area contributed by atoms with E-state index in [2.05, 4.69) is 0 Å². The third-order valence-electron chi connectivity index (χ3n) is 5.01. The maximum Gasteiger partial charge on any atom is 0.227 e. The first-order chi connectivity index (χ1) is 11.4. The zero-order valence-corrected chi connectivity index (χ0v) is 15.0. The van der Waals surface area contributed by atoms with Crippen molar-refractivity contribution in [2.24, 2.45) is 5.92 Å². The summed E-state index contributed by atoms with van der Waals surface area (Å²) in [6, 6.07) is 7.35. The predicted molar refractivity (Wildman–Crippen MR) is 96.6 cm³/mol. The van der Waals surface area contributed by atoms with Gasteiger partial charge in [-0.1, -0.05) is 37.0 Å². The molecule has 1 heterocycles. The first kappa shape index (κ1) is 17.2. The Morgan fingerprint density at radius 2 is 1.79 bits per heavy atom. The number of aryl methyl sites for hydroxylation is 1. The number of hydrogen-bond donors (Lipinski definition) is 0. The van der Waals surface area contributed by atoms with Crippen LogP contribution in [0.1, 0.15) is 44.1 Å². The highest BCUT2D eigenvalue weighted by atomic mass is 32.2. The lowest BCUT2D eigenvalue weighted by Gasteiger charge is -2.30. The highest BCUT2D eigenvalue weighted by molar-refractivity contribution is 7.94. The molecule has 0 bridgehead atoms. The first-order valence-corrected chi connectivity index (χ1v) is 10.5. The van der Waals surface area contributed by atoms with Gasteiger partial charge in [0.1, 0.15) is 0 Å². The van der Waals surface area contributed by atoms with E-state index in [1.54, 1.807) is 11.0 Å². The highest BCUT2D eigenvalue weighted by Gasteiger charge is 2.32. The Hall–Kier alpha value is -1.62. The molecule has 1 aliphatic carbocycles. The fourth-order valence-corrected chi connectivity index (χ4v) is 4.95. The van der Waals surface area contributed by atoms with Gasteiger partial charge in [-0.15, -0.1) is 0 Å². The van der Waals surface area contributed by atoms with Crippen molar-refractivity contribution < 1.29 is 13.2 Å². The second-order valence-electron chi connectivity index (χ2n) is 7.03. The van der Waals surface area contributed by atoms with Crippen molar-refractivity contribution in [1.29, 1.82) is 0 Å². The molecule has 4 nitrogen and oxygen atoms in total. The van der Waals surface area contributed by atoms with Crippen LogP contribution < -0.4 is 4.90 Å². The minimum atomic E-state index is -3.20. The quantitative estimate of drug-likeness (QED) is 0.836. The van der Waals surface area contributed by atoms with E-state index in [1.165, 1.54) is 24.7 Å². The van der Waals surface area contributed by atoms with E-state index in [-0.39, 0.29) is 11.7 Å². The molecule has 0 N–H and O–H groups in total. The van der Waals surface area contributed by atoms with Crippen molar-refractivity contribution >= 4 is 21.4 Å². The average Bonchev–Trinajstić information content (AvgIpc) is 2.90. The van der Waals surface area contributed by atoms with Gasteiger partial charge in [-0.2, -0.15) is 0 Å². The number of hydrogen-bond acceptors (Lipinski definition) is 3. The van der Waals surface area contributed by atoms with Crippen LogP contribution in [0.15, 0.2) is 35.7 Å². The smallest absolute Gasteiger partial charge is 0.227 e. The number of rotatable bonds is 4. The molecule has 1 amide bonds. The Balaban J connectivity index is 1.82. The Kier molecular flexibility index (Phi) is 5.09. The fourth-order valence-electron chi connectivity index (χ4n) is 3.68. The number of anilines is 1. The van der Waals surface area contributed by atoms with E-state index in [4.69, 9.17) is 0 Å². The summed E-state index contributed by atoms with van der Waals surface area (Å²) in [6.45, 7) is 2.00. The van der Waals surface area contributed by atoms with Crippen LogP contribution >= 0.6 is 0 Å². The van der Waals surface area contributed by atoms with Gasteiger partial charge in [0.05, 0.1) is 11.8 Å². The molecule has 0 radical (unpaired) electrons. The van der Waals surface area contributed by atoms with E-state index in [0.717, 1.165) is 24.1 Å². The molecule has 0 saturated heterocycles. The van der Waals surface area contributed by atoms with Crippen LogP contribution in [0.5, 0.6) is 0 Å². The van der Waals surface area contributed by atoms with Crippen molar-refractivity contribution in [2.75, 3.05) is 10.7 Å². The monoisotopic (exact) mass is 347 g/mol. The van der Waals surface area contributed by atoms with Crippen molar-refractivity contribution in [3.63, 3.8) is 0 Å². The molecule has 0 aromatic heterocycles. The largest absolute Gasteiger partial charge is 0.304 e. The molecule has 1 fully saturated rings. The van der Waals surface area contributed by atoms with Gasteiger partial charge in [-0.3, -0.25) is 4.79 Å². The fraction of sp³-hybridized carbons (Fsp3) is 0.526. The van der Waals surface area contributed by atoms with Crippen molar-refractivity contribution in [2.45, 2.75) is 51.5 Å². The van der Waals surface area contributed by atoms with Crippen LogP contribution in [0.2, 0.25) is 0 Å². The van der Waals surface area contributed by atoms with Crippen molar-refractivity contribution in [1.82, 2.24) is 0 Å². The molecule has 2 aliphatic rings. The molecule has 1 aromatic rings. The van der Waals surface area contributed by atoms with Gasteiger partial charge in [0.15, 0.2) is 9.84 Å². The number of carbonyl (C=O) groups is 1. The van der Waals surface area contributed by atoms with Gasteiger partial charge in [-0.25, -0.2) is 8.42 Å². The maximum absolute atomic E-state index is 13.0. The molecule has 1 saturated carbocycles. The van der Waals surface area contributed by atoms with Gasteiger partial charge >= 0.3 is 0 Å². The lowest BCUT2D eigenvalue weighted by molar-refractivity contribution is -0.120. The zero-order chi connectivity index (χ0) is 17.2. The molecule has 130 valence electrons. The predicted octanol–water partition coefficient (Wildman–Crippen LogP) is 3.61. The van der Waals surface area contributed by atoms with E-state index >= 15 is 0 Å². The maximum atomic E-state index is 13.0. The normalized spacial score (nSPS) is 23.3. The van der Waals surface area contributed by atoms with E-state index in [9.17, 15) is 13.2 Å².